The maximum absolute atomic E-state index is 10.8. The fourth-order valence-corrected chi connectivity index (χ4v) is 9.49. The quantitative estimate of drug-likeness (QED) is 0.247. The van der Waals surface area contributed by atoms with Crippen LogP contribution in [0.4, 0.5) is 0 Å². The van der Waals surface area contributed by atoms with Crippen molar-refractivity contribution in [1.29, 1.82) is 0 Å². The van der Waals surface area contributed by atoms with Gasteiger partial charge in [0.05, 0.1) is 30.6 Å². The first-order valence-corrected chi connectivity index (χ1v) is 15.9. The van der Waals surface area contributed by atoms with E-state index < -0.39 is 19.1 Å². The average molecular weight is 466 g/mol. The smallest absolute Gasteiger partial charge is 0.310 e. The molecule has 0 saturated heterocycles. The number of carboxylic acid groups (broad SMARTS) is 1. The molecule has 0 bridgehead atoms. The molecule has 1 rings (SSSR count). The van der Waals surface area contributed by atoms with Crippen molar-refractivity contribution in [3.63, 3.8) is 0 Å². The Morgan fingerprint density at radius 3 is 1.41 bits per heavy atom. The zero-order valence-electron chi connectivity index (χ0n) is 22.5. The second-order valence-corrected chi connectivity index (χ2v) is 14.5. The third-order valence-electron chi connectivity index (χ3n) is 6.44. The van der Waals surface area contributed by atoms with Crippen molar-refractivity contribution >= 4 is 13.2 Å². The number of aliphatic carboxylic acids is 1. The van der Waals surface area contributed by atoms with Crippen LogP contribution < -0.4 is 0 Å². The van der Waals surface area contributed by atoms with Gasteiger partial charge in [-0.1, -0.05) is 91.5 Å². The van der Waals surface area contributed by atoms with Crippen molar-refractivity contribution in [3.8, 4) is 0 Å². The first kappa shape index (κ1) is 31.1. The Balaban J connectivity index is 0.000000604. The number of rotatable bonds is 16. The summed E-state index contributed by atoms with van der Waals surface area (Å²) in [4.78, 5) is 10.8. The molecule has 0 saturated carbocycles. The van der Waals surface area contributed by atoms with Crippen molar-refractivity contribution in [3.05, 3.63) is 35.4 Å². The zero-order chi connectivity index (χ0) is 24.4. The van der Waals surface area contributed by atoms with E-state index in [1.54, 1.807) is 31.6 Å². The number of carbonyl (C=O) groups is 1. The van der Waals surface area contributed by atoms with E-state index in [9.17, 15) is 4.79 Å². The molecule has 186 valence electrons. The van der Waals surface area contributed by atoms with Crippen LogP contribution in [0.1, 0.15) is 117 Å². The van der Waals surface area contributed by atoms with E-state index in [4.69, 9.17) is 5.11 Å². The molecule has 3 heteroatoms. The largest absolute Gasteiger partial charge is 0.481 e. The fourth-order valence-electron chi connectivity index (χ4n) is 4.20. The molecule has 0 heterocycles. The second kappa shape index (κ2) is 18.5. The van der Waals surface area contributed by atoms with Crippen LogP contribution in [0, 0.1) is 5.92 Å². The summed E-state index contributed by atoms with van der Waals surface area (Å²) < 4.78 is 0. The minimum Gasteiger partial charge on any atom is -0.481 e. The van der Waals surface area contributed by atoms with Crippen molar-refractivity contribution in [1.82, 2.24) is 0 Å². The molecule has 1 aromatic carbocycles. The van der Waals surface area contributed by atoms with Gasteiger partial charge in [-0.2, -0.15) is 0 Å². The van der Waals surface area contributed by atoms with Crippen LogP contribution in [0.5, 0.6) is 0 Å². The monoisotopic (exact) mass is 465 g/mol. The van der Waals surface area contributed by atoms with Gasteiger partial charge in [-0.25, -0.2) is 0 Å². The molecule has 0 fully saturated rings. The molecular formula is C29H54O2P+. The lowest BCUT2D eigenvalue weighted by molar-refractivity contribution is -0.138. The van der Waals surface area contributed by atoms with Crippen LogP contribution in [-0.2, 0) is 11.2 Å². The van der Waals surface area contributed by atoms with Gasteiger partial charge in [-0.05, 0) is 56.1 Å². The van der Waals surface area contributed by atoms with E-state index in [1.807, 2.05) is 24.3 Å². The number of benzene rings is 1. The van der Waals surface area contributed by atoms with E-state index in [-0.39, 0.29) is 0 Å². The van der Waals surface area contributed by atoms with Crippen molar-refractivity contribution in [2.75, 3.05) is 24.6 Å². The third-order valence-corrected chi connectivity index (χ3v) is 11.5. The first-order valence-electron chi connectivity index (χ1n) is 13.4. The Labute approximate surface area is 201 Å². The molecule has 1 aromatic rings. The maximum Gasteiger partial charge on any atom is 0.310 e. The van der Waals surface area contributed by atoms with Gasteiger partial charge >= 0.3 is 5.97 Å². The first-order chi connectivity index (χ1) is 15.2. The molecule has 0 radical (unpaired) electrons. The summed E-state index contributed by atoms with van der Waals surface area (Å²) in [5, 5.41) is 8.85. The molecule has 1 unspecified atom stereocenters. The Morgan fingerprint density at radius 1 is 0.750 bits per heavy atom. The standard InChI is InChI=1S/C16H36P.C13H18O2/c1-5-9-13-17(14-10-6-2,15-11-7-3)16-12-8-4;1-9(2)8-11-4-6-12(7-5-11)10(3)13(14)15/h5-16H2,1-4H3;4-7,9-10H,8H2,1-3H3,(H,14,15)/q+1;. The third kappa shape index (κ3) is 13.6. The van der Waals surface area contributed by atoms with E-state index in [0.29, 0.717) is 5.92 Å². The van der Waals surface area contributed by atoms with E-state index >= 15 is 0 Å². The summed E-state index contributed by atoms with van der Waals surface area (Å²) >= 11 is 0. The molecule has 0 amide bonds. The zero-order valence-corrected chi connectivity index (χ0v) is 23.4. The van der Waals surface area contributed by atoms with E-state index in [1.165, 1.54) is 56.9 Å². The van der Waals surface area contributed by atoms with Crippen LogP contribution in [0.25, 0.3) is 0 Å². The predicted molar refractivity (Wildman–Crippen MR) is 147 cm³/mol. The van der Waals surface area contributed by atoms with Gasteiger partial charge in [0.25, 0.3) is 0 Å². The normalized spacial score (nSPS) is 12.4. The highest BCUT2D eigenvalue weighted by atomic mass is 31.2. The SMILES string of the molecule is CC(C)Cc1ccc(C(C)C(=O)O)cc1.CCCC[P+](CCCC)(CCCC)CCCC. The van der Waals surface area contributed by atoms with Crippen LogP contribution in [-0.4, -0.2) is 35.7 Å². The summed E-state index contributed by atoms with van der Waals surface area (Å²) in [5.41, 5.74) is 2.14. The molecule has 1 N–H and O–H groups in total. The van der Waals surface area contributed by atoms with Crippen LogP contribution in [0.15, 0.2) is 24.3 Å². The minimum absolute atomic E-state index is 0.418. The lowest BCUT2D eigenvalue weighted by Crippen LogP contribution is -2.12. The molecule has 1 atom stereocenters. The summed E-state index contributed by atoms with van der Waals surface area (Å²) in [6, 6.07) is 7.87. The average Bonchev–Trinajstić information content (AvgIpc) is 2.78. The summed E-state index contributed by atoms with van der Waals surface area (Å²) in [7, 11) is -0.562. The number of carboxylic acids is 1. The molecule has 0 aliphatic rings. The van der Waals surface area contributed by atoms with Gasteiger partial charge < -0.3 is 5.11 Å². The van der Waals surface area contributed by atoms with E-state index in [0.717, 1.165) is 12.0 Å². The van der Waals surface area contributed by atoms with Crippen molar-refractivity contribution < 1.29 is 9.90 Å². The molecule has 32 heavy (non-hydrogen) atoms. The van der Waals surface area contributed by atoms with Crippen LogP contribution in [0.2, 0.25) is 0 Å². The molecule has 0 aliphatic heterocycles. The topological polar surface area (TPSA) is 37.3 Å². The molecular weight excluding hydrogens is 411 g/mol. The van der Waals surface area contributed by atoms with Gasteiger partial charge in [-0.15, -0.1) is 0 Å². The highest BCUT2D eigenvalue weighted by molar-refractivity contribution is 7.75. The van der Waals surface area contributed by atoms with Gasteiger partial charge in [0.15, 0.2) is 0 Å². The molecule has 0 aliphatic carbocycles. The summed E-state index contributed by atoms with van der Waals surface area (Å²) in [5.74, 6) is -0.558. The number of hydrogen-bond donors (Lipinski definition) is 1. The summed E-state index contributed by atoms with van der Waals surface area (Å²) in [6.45, 7) is 15.5. The Bertz CT molecular complexity index is 542. The second-order valence-electron chi connectivity index (χ2n) is 10.0. The van der Waals surface area contributed by atoms with Crippen LogP contribution in [0.3, 0.4) is 0 Å². The van der Waals surface area contributed by atoms with E-state index in [2.05, 4.69) is 41.5 Å². The lowest BCUT2D eigenvalue weighted by Gasteiger charge is -2.28. The van der Waals surface area contributed by atoms with Crippen molar-refractivity contribution in [2.45, 2.75) is 112 Å². The van der Waals surface area contributed by atoms with Gasteiger partial charge in [0.1, 0.15) is 0 Å². The number of unbranched alkanes of at least 4 members (excludes halogenated alkanes) is 4. The fraction of sp³-hybridized carbons (Fsp3) is 0.759. The van der Waals surface area contributed by atoms with Gasteiger partial charge in [0.2, 0.25) is 0 Å². The lowest BCUT2D eigenvalue weighted by atomic mass is 9.97. The Kier molecular flexibility index (Phi) is 18.0. The molecule has 2 nitrogen and oxygen atoms in total. The number of hydrogen-bond acceptors (Lipinski definition) is 1. The predicted octanol–water partition coefficient (Wildman–Crippen LogP) is 9.28. The summed E-state index contributed by atoms with van der Waals surface area (Å²) in [6.07, 6.45) is 19.0. The highest BCUT2D eigenvalue weighted by Crippen LogP contribution is 2.61. The van der Waals surface area contributed by atoms with Gasteiger partial charge in [0, 0.05) is 7.26 Å². The molecule has 0 aromatic heterocycles. The molecule has 0 spiro atoms. The van der Waals surface area contributed by atoms with Crippen molar-refractivity contribution in [2.24, 2.45) is 5.92 Å². The minimum atomic E-state index is -0.772. The Hall–Kier alpha value is -0.880. The maximum atomic E-state index is 10.8. The van der Waals surface area contributed by atoms with Crippen LogP contribution >= 0.6 is 7.26 Å². The van der Waals surface area contributed by atoms with Gasteiger partial charge in [-0.3, -0.25) is 4.79 Å². The Morgan fingerprint density at radius 2 is 1.12 bits per heavy atom. The highest BCUT2D eigenvalue weighted by Gasteiger charge is 2.34.